The second-order valence-electron chi connectivity index (χ2n) is 6.21. The van der Waals surface area contributed by atoms with Gasteiger partial charge in [0, 0.05) is 17.5 Å². The van der Waals surface area contributed by atoms with Crippen molar-refractivity contribution in [3.63, 3.8) is 0 Å². The summed E-state index contributed by atoms with van der Waals surface area (Å²) in [5.41, 5.74) is 0.307. The van der Waals surface area contributed by atoms with Crippen LogP contribution in [0, 0.1) is 0 Å². The number of urea groups is 1. The van der Waals surface area contributed by atoms with Gasteiger partial charge in [-0.15, -0.1) is 11.3 Å². The van der Waals surface area contributed by atoms with Gasteiger partial charge in [-0.3, -0.25) is 5.32 Å². The molecule has 2 aromatic rings. The molecule has 0 radical (unpaired) electrons. The molecule has 0 spiro atoms. The van der Waals surface area contributed by atoms with Crippen molar-refractivity contribution in [3.05, 3.63) is 28.1 Å². The number of aromatic nitrogens is 2. The molecule has 0 atom stereocenters. The molecular weight excluding hydrogens is 328 g/mol. The van der Waals surface area contributed by atoms with Crippen LogP contribution in [0.5, 0.6) is 0 Å². The molecule has 0 aliphatic rings. The van der Waals surface area contributed by atoms with Crippen LogP contribution >= 0.6 is 11.3 Å². The quantitative estimate of drug-likeness (QED) is 0.824. The van der Waals surface area contributed by atoms with Gasteiger partial charge in [0.05, 0.1) is 19.0 Å². The molecule has 8 heteroatoms. The molecular formula is C16H22N4O3S. The Morgan fingerprint density at radius 1 is 1.33 bits per heavy atom. The third kappa shape index (κ3) is 3.94. The molecule has 0 unspecified atom stereocenters. The van der Waals surface area contributed by atoms with Crippen LogP contribution in [0.25, 0.3) is 0 Å². The molecule has 2 amide bonds. The summed E-state index contributed by atoms with van der Waals surface area (Å²) in [7, 11) is 1.32. The number of carbonyl (C=O) groups excluding carboxylic acids is 2. The molecule has 0 bridgehead atoms. The summed E-state index contributed by atoms with van der Waals surface area (Å²) >= 11 is 1.32. The topological polar surface area (TPSA) is 85.3 Å². The van der Waals surface area contributed by atoms with Crippen molar-refractivity contribution in [2.75, 3.05) is 17.7 Å². The number of methoxy groups -OCH3 is 1. The maximum Gasteiger partial charge on any atom is 0.350 e. The summed E-state index contributed by atoms with van der Waals surface area (Å²) in [5, 5.41) is 9.54. The Kier molecular flexibility index (Phi) is 5.28. The second kappa shape index (κ2) is 7.04. The van der Waals surface area contributed by atoms with Gasteiger partial charge in [-0.1, -0.05) is 20.8 Å². The molecule has 7 nitrogen and oxygen atoms in total. The molecule has 2 aromatic heterocycles. The average molecular weight is 350 g/mol. The first kappa shape index (κ1) is 18.0. The number of amides is 2. The van der Waals surface area contributed by atoms with Crippen molar-refractivity contribution in [1.82, 2.24) is 9.78 Å². The Morgan fingerprint density at radius 2 is 2.04 bits per heavy atom. The van der Waals surface area contributed by atoms with Gasteiger partial charge in [0.15, 0.2) is 0 Å². The lowest BCUT2D eigenvalue weighted by atomic mass is 9.94. The van der Waals surface area contributed by atoms with E-state index in [0.717, 1.165) is 4.88 Å². The minimum absolute atomic E-state index is 0.134. The van der Waals surface area contributed by atoms with Crippen LogP contribution in [-0.4, -0.2) is 28.9 Å². The zero-order valence-corrected chi connectivity index (χ0v) is 15.3. The van der Waals surface area contributed by atoms with Crippen molar-refractivity contribution in [2.45, 2.75) is 39.7 Å². The van der Waals surface area contributed by atoms with Crippen molar-refractivity contribution >= 4 is 34.8 Å². The molecule has 0 aromatic carbocycles. The van der Waals surface area contributed by atoms with E-state index in [0.29, 0.717) is 22.9 Å². The van der Waals surface area contributed by atoms with Gasteiger partial charge < -0.3 is 10.1 Å². The monoisotopic (exact) mass is 350 g/mol. The Balaban J connectivity index is 2.23. The van der Waals surface area contributed by atoms with E-state index in [-0.39, 0.29) is 5.41 Å². The first-order valence-electron chi connectivity index (χ1n) is 7.58. The summed E-state index contributed by atoms with van der Waals surface area (Å²) < 4.78 is 6.47. The Hall–Kier alpha value is -2.35. The fraction of sp³-hybridized carbons (Fsp3) is 0.438. The zero-order valence-electron chi connectivity index (χ0n) is 14.5. The summed E-state index contributed by atoms with van der Waals surface area (Å²) in [4.78, 5) is 25.6. The summed E-state index contributed by atoms with van der Waals surface area (Å²) in [6.07, 6.45) is 1.61. The van der Waals surface area contributed by atoms with Crippen molar-refractivity contribution < 1.29 is 14.3 Å². The number of anilines is 2. The van der Waals surface area contributed by atoms with Gasteiger partial charge in [-0.25, -0.2) is 14.3 Å². The van der Waals surface area contributed by atoms with Crippen LogP contribution in [0.4, 0.5) is 16.3 Å². The third-order valence-electron chi connectivity index (χ3n) is 3.35. The van der Waals surface area contributed by atoms with Crippen LogP contribution in [0.3, 0.4) is 0 Å². The molecule has 0 saturated heterocycles. The van der Waals surface area contributed by atoms with Crippen LogP contribution < -0.4 is 10.6 Å². The lowest BCUT2D eigenvalue weighted by Gasteiger charge is -2.15. The normalized spacial score (nSPS) is 11.2. The number of hydrogen-bond acceptors (Lipinski definition) is 5. The van der Waals surface area contributed by atoms with Gasteiger partial charge in [0.25, 0.3) is 0 Å². The number of esters is 1. The van der Waals surface area contributed by atoms with E-state index in [1.54, 1.807) is 16.9 Å². The van der Waals surface area contributed by atoms with E-state index in [1.807, 2.05) is 33.8 Å². The first-order chi connectivity index (χ1) is 11.3. The lowest BCUT2D eigenvalue weighted by molar-refractivity contribution is 0.0607. The molecule has 0 saturated carbocycles. The van der Waals surface area contributed by atoms with Gasteiger partial charge in [0.2, 0.25) is 0 Å². The molecule has 130 valence electrons. The lowest BCUT2D eigenvalue weighted by Crippen LogP contribution is -2.22. The minimum atomic E-state index is -0.468. The van der Waals surface area contributed by atoms with Gasteiger partial charge in [-0.2, -0.15) is 5.10 Å². The van der Waals surface area contributed by atoms with Gasteiger partial charge >= 0.3 is 12.0 Å². The molecule has 0 aliphatic carbocycles. The maximum absolute atomic E-state index is 12.3. The molecule has 0 fully saturated rings. The highest BCUT2D eigenvalue weighted by molar-refractivity contribution is 7.14. The van der Waals surface area contributed by atoms with E-state index in [2.05, 4.69) is 15.7 Å². The number of nitrogens with zero attached hydrogens (tertiary/aromatic N) is 2. The van der Waals surface area contributed by atoms with E-state index in [4.69, 9.17) is 4.74 Å². The number of aryl methyl sites for hydroxylation is 1. The fourth-order valence-electron chi connectivity index (χ4n) is 2.06. The zero-order chi connectivity index (χ0) is 17.9. The van der Waals surface area contributed by atoms with Crippen LogP contribution in [0.1, 0.15) is 42.2 Å². The van der Waals surface area contributed by atoms with Crippen LogP contribution in [-0.2, 0) is 16.7 Å². The first-order valence-corrected chi connectivity index (χ1v) is 8.40. The number of rotatable bonds is 4. The van der Waals surface area contributed by atoms with E-state index in [9.17, 15) is 9.59 Å². The average Bonchev–Trinajstić information content (AvgIpc) is 3.12. The number of carbonyl (C=O) groups is 2. The van der Waals surface area contributed by atoms with Crippen LogP contribution in [0.15, 0.2) is 18.3 Å². The number of nitrogens with one attached hydrogen (secondary N) is 2. The Bertz CT molecular complexity index is 743. The molecule has 24 heavy (non-hydrogen) atoms. The summed E-state index contributed by atoms with van der Waals surface area (Å²) in [6, 6.07) is 3.08. The third-order valence-corrected chi connectivity index (χ3v) is 4.89. The summed E-state index contributed by atoms with van der Waals surface area (Å²) in [6.45, 7) is 8.71. The van der Waals surface area contributed by atoms with E-state index < -0.39 is 12.0 Å². The largest absolute Gasteiger partial charge is 0.465 e. The van der Waals surface area contributed by atoms with Gasteiger partial charge in [0.1, 0.15) is 10.7 Å². The predicted octanol–water partition coefficient (Wildman–Crippen LogP) is 3.69. The second-order valence-corrected chi connectivity index (χ2v) is 7.26. The summed E-state index contributed by atoms with van der Waals surface area (Å²) in [5.74, 6) is 0.116. The highest BCUT2D eigenvalue weighted by Crippen LogP contribution is 2.35. The predicted molar refractivity (Wildman–Crippen MR) is 94.9 cm³/mol. The van der Waals surface area contributed by atoms with Crippen molar-refractivity contribution in [3.8, 4) is 0 Å². The Labute approximate surface area is 145 Å². The smallest absolute Gasteiger partial charge is 0.350 e. The van der Waals surface area contributed by atoms with Gasteiger partial charge in [-0.05, 0) is 18.4 Å². The molecule has 0 aliphatic heterocycles. The minimum Gasteiger partial charge on any atom is -0.465 e. The number of hydrogen-bond donors (Lipinski definition) is 2. The SMILES string of the molecule is CCn1nccc1NC(=O)Nc1cc(C(C)(C)C)sc1C(=O)OC. The molecule has 2 heterocycles. The standard InChI is InChI=1S/C16H22N4O3S/c1-6-20-12(7-8-17-20)19-15(22)18-10-9-11(16(2,3)4)24-13(10)14(21)23-5/h7-9H,6H2,1-5H3,(H2,18,19,22). The molecule has 2 N–H and O–H groups in total. The van der Waals surface area contributed by atoms with Crippen molar-refractivity contribution in [2.24, 2.45) is 0 Å². The Morgan fingerprint density at radius 3 is 2.62 bits per heavy atom. The highest BCUT2D eigenvalue weighted by atomic mass is 32.1. The van der Waals surface area contributed by atoms with E-state index in [1.165, 1.54) is 18.4 Å². The van der Waals surface area contributed by atoms with Crippen molar-refractivity contribution in [1.29, 1.82) is 0 Å². The van der Waals surface area contributed by atoms with E-state index >= 15 is 0 Å². The number of ether oxygens (including phenoxy) is 1. The molecule has 2 rings (SSSR count). The van der Waals surface area contributed by atoms with Crippen LogP contribution in [0.2, 0.25) is 0 Å². The highest BCUT2D eigenvalue weighted by Gasteiger charge is 2.24. The number of thiophene rings is 1. The fourth-order valence-corrected chi connectivity index (χ4v) is 3.15. The maximum atomic E-state index is 12.3.